The lowest BCUT2D eigenvalue weighted by atomic mass is 9.96. The second-order valence-corrected chi connectivity index (χ2v) is 3.55. The smallest absolute Gasteiger partial charge is 0.113 e. The highest BCUT2D eigenvalue weighted by molar-refractivity contribution is 5.25. The molecule has 1 atom stereocenters. The van der Waals surface area contributed by atoms with Gasteiger partial charge in [-0.25, -0.2) is 4.39 Å². The summed E-state index contributed by atoms with van der Waals surface area (Å²) in [5.41, 5.74) is 1.35. The van der Waals surface area contributed by atoms with E-state index in [2.05, 4.69) is 26.0 Å². The van der Waals surface area contributed by atoms with Crippen molar-refractivity contribution in [2.45, 2.75) is 26.4 Å². The van der Waals surface area contributed by atoms with E-state index in [0.29, 0.717) is 5.92 Å². The van der Waals surface area contributed by atoms with Crippen molar-refractivity contribution in [3.05, 3.63) is 23.8 Å². The van der Waals surface area contributed by atoms with Gasteiger partial charge in [0.1, 0.15) is 6.67 Å². The van der Waals surface area contributed by atoms with Crippen molar-refractivity contribution in [3.8, 4) is 0 Å². The van der Waals surface area contributed by atoms with E-state index < -0.39 is 6.67 Å². The van der Waals surface area contributed by atoms with Crippen LogP contribution in [0.2, 0.25) is 0 Å². The zero-order chi connectivity index (χ0) is 9.68. The maximum atomic E-state index is 11.8. The standard InChI is InChI=1S/C11H17FO/c1-9(2)10-3-5-11(6-4-10)13-8-7-12/h3-5,9,11H,6-8H2,1-2H3. The third kappa shape index (κ3) is 3.31. The van der Waals surface area contributed by atoms with Crippen molar-refractivity contribution >= 4 is 0 Å². The van der Waals surface area contributed by atoms with E-state index in [1.807, 2.05) is 6.08 Å². The largest absolute Gasteiger partial charge is 0.371 e. The van der Waals surface area contributed by atoms with Gasteiger partial charge in [0.05, 0.1) is 12.7 Å². The second-order valence-electron chi connectivity index (χ2n) is 3.55. The third-order valence-electron chi connectivity index (χ3n) is 2.16. The van der Waals surface area contributed by atoms with Gasteiger partial charge in [0.25, 0.3) is 0 Å². The summed E-state index contributed by atoms with van der Waals surface area (Å²) in [6, 6.07) is 0. The Kier molecular flexibility index (Phi) is 4.16. The Morgan fingerprint density at radius 1 is 1.62 bits per heavy atom. The molecule has 1 aliphatic rings. The lowest BCUT2D eigenvalue weighted by Gasteiger charge is -2.17. The molecule has 1 unspecified atom stereocenters. The van der Waals surface area contributed by atoms with Gasteiger partial charge in [0.2, 0.25) is 0 Å². The number of alkyl halides is 1. The Balaban J connectivity index is 2.35. The molecule has 0 spiro atoms. The second kappa shape index (κ2) is 5.18. The first-order valence-electron chi connectivity index (χ1n) is 4.80. The molecule has 0 aromatic heterocycles. The maximum Gasteiger partial charge on any atom is 0.113 e. The van der Waals surface area contributed by atoms with E-state index in [1.54, 1.807) is 0 Å². The molecule has 0 amide bonds. The Morgan fingerprint density at radius 2 is 2.38 bits per heavy atom. The quantitative estimate of drug-likeness (QED) is 0.652. The summed E-state index contributed by atoms with van der Waals surface area (Å²) >= 11 is 0. The van der Waals surface area contributed by atoms with Gasteiger partial charge in [0, 0.05) is 0 Å². The van der Waals surface area contributed by atoms with E-state index >= 15 is 0 Å². The molecule has 74 valence electrons. The van der Waals surface area contributed by atoms with E-state index in [1.165, 1.54) is 5.57 Å². The lowest BCUT2D eigenvalue weighted by Crippen LogP contribution is -2.14. The van der Waals surface area contributed by atoms with Crippen molar-refractivity contribution in [1.82, 2.24) is 0 Å². The van der Waals surface area contributed by atoms with Crippen LogP contribution >= 0.6 is 0 Å². The summed E-state index contributed by atoms with van der Waals surface area (Å²) in [5, 5.41) is 0. The molecule has 0 saturated heterocycles. The van der Waals surface area contributed by atoms with Crippen LogP contribution in [0.4, 0.5) is 4.39 Å². The van der Waals surface area contributed by atoms with Crippen molar-refractivity contribution < 1.29 is 9.13 Å². The Morgan fingerprint density at radius 3 is 2.85 bits per heavy atom. The van der Waals surface area contributed by atoms with Gasteiger partial charge in [-0.05, 0) is 17.9 Å². The van der Waals surface area contributed by atoms with Crippen LogP contribution < -0.4 is 0 Å². The first-order valence-corrected chi connectivity index (χ1v) is 4.80. The first-order chi connectivity index (χ1) is 6.24. The van der Waals surface area contributed by atoms with E-state index in [-0.39, 0.29) is 12.7 Å². The zero-order valence-electron chi connectivity index (χ0n) is 8.29. The van der Waals surface area contributed by atoms with Crippen LogP contribution in [-0.4, -0.2) is 19.4 Å². The average molecular weight is 184 g/mol. The van der Waals surface area contributed by atoms with Crippen molar-refractivity contribution in [3.63, 3.8) is 0 Å². The van der Waals surface area contributed by atoms with Crippen molar-refractivity contribution in [2.75, 3.05) is 13.3 Å². The SMILES string of the molecule is CC(C)C1=CCC(OCCF)C=C1. The summed E-state index contributed by atoms with van der Waals surface area (Å²) in [6.07, 6.45) is 7.23. The molecule has 0 N–H and O–H groups in total. The summed E-state index contributed by atoms with van der Waals surface area (Å²) in [5.74, 6) is 0.568. The number of ether oxygens (including phenoxy) is 1. The molecule has 0 saturated carbocycles. The maximum absolute atomic E-state index is 11.8. The summed E-state index contributed by atoms with van der Waals surface area (Å²) in [4.78, 5) is 0. The minimum absolute atomic E-state index is 0.0817. The van der Waals surface area contributed by atoms with E-state index in [0.717, 1.165) is 6.42 Å². The highest BCUT2D eigenvalue weighted by Crippen LogP contribution is 2.19. The fourth-order valence-electron chi connectivity index (χ4n) is 1.36. The number of halogens is 1. The Labute approximate surface area is 79.3 Å². The van der Waals surface area contributed by atoms with Crippen molar-refractivity contribution in [1.29, 1.82) is 0 Å². The fourth-order valence-corrected chi connectivity index (χ4v) is 1.36. The minimum atomic E-state index is -0.398. The predicted octanol–water partition coefficient (Wildman–Crippen LogP) is 2.88. The summed E-state index contributed by atoms with van der Waals surface area (Å²) in [6.45, 7) is 4.14. The fraction of sp³-hybridized carbons (Fsp3) is 0.636. The molecule has 0 aromatic carbocycles. The molecule has 0 radical (unpaired) electrons. The molecule has 13 heavy (non-hydrogen) atoms. The number of hydrogen-bond acceptors (Lipinski definition) is 1. The molecule has 1 nitrogen and oxygen atoms in total. The lowest BCUT2D eigenvalue weighted by molar-refractivity contribution is 0.0749. The van der Waals surface area contributed by atoms with Gasteiger partial charge in [-0.2, -0.15) is 0 Å². The molecule has 0 fully saturated rings. The van der Waals surface area contributed by atoms with Gasteiger partial charge < -0.3 is 4.74 Å². The molecule has 1 aliphatic carbocycles. The molecule has 1 rings (SSSR count). The van der Waals surface area contributed by atoms with Gasteiger partial charge >= 0.3 is 0 Å². The number of hydrogen-bond donors (Lipinski definition) is 0. The van der Waals surface area contributed by atoms with Gasteiger partial charge in [-0.3, -0.25) is 0 Å². The third-order valence-corrected chi connectivity index (χ3v) is 2.16. The molecule has 0 bridgehead atoms. The van der Waals surface area contributed by atoms with Crippen LogP contribution in [0, 0.1) is 5.92 Å². The van der Waals surface area contributed by atoms with Crippen LogP contribution in [0.5, 0.6) is 0 Å². The van der Waals surface area contributed by atoms with Crippen LogP contribution in [0.15, 0.2) is 23.8 Å². The van der Waals surface area contributed by atoms with Crippen LogP contribution in [0.25, 0.3) is 0 Å². The molecule has 0 heterocycles. The monoisotopic (exact) mass is 184 g/mol. The highest BCUT2D eigenvalue weighted by Gasteiger charge is 2.10. The molecular weight excluding hydrogens is 167 g/mol. The van der Waals surface area contributed by atoms with E-state index in [4.69, 9.17) is 4.74 Å². The molecule has 0 aliphatic heterocycles. The van der Waals surface area contributed by atoms with Crippen LogP contribution in [0.1, 0.15) is 20.3 Å². The summed E-state index contributed by atoms with van der Waals surface area (Å²) in [7, 11) is 0. The summed E-state index contributed by atoms with van der Waals surface area (Å²) < 4.78 is 17.0. The van der Waals surface area contributed by atoms with Gasteiger partial charge in [-0.1, -0.05) is 32.1 Å². The Bertz CT molecular complexity index is 206. The normalized spacial score (nSPS) is 22.2. The predicted molar refractivity (Wildman–Crippen MR) is 52.4 cm³/mol. The van der Waals surface area contributed by atoms with E-state index in [9.17, 15) is 4.39 Å². The van der Waals surface area contributed by atoms with Gasteiger partial charge in [0.15, 0.2) is 0 Å². The Hall–Kier alpha value is -0.630. The number of rotatable bonds is 4. The average Bonchev–Trinajstić information content (AvgIpc) is 2.15. The van der Waals surface area contributed by atoms with Crippen LogP contribution in [-0.2, 0) is 4.74 Å². The number of allylic oxidation sites excluding steroid dienone is 2. The molecule has 2 heteroatoms. The van der Waals surface area contributed by atoms with Crippen molar-refractivity contribution in [2.24, 2.45) is 5.92 Å². The zero-order valence-corrected chi connectivity index (χ0v) is 8.29. The van der Waals surface area contributed by atoms with Crippen LogP contribution in [0.3, 0.4) is 0 Å². The molecule has 0 aromatic rings. The topological polar surface area (TPSA) is 9.23 Å². The van der Waals surface area contributed by atoms with Gasteiger partial charge in [-0.15, -0.1) is 0 Å². The highest BCUT2D eigenvalue weighted by atomic mass is 19.1. The minimum Gasteiger partial charge on any atom is -0.371 e. The molecular formula is C11H17FO. The first kappa shape index (κ1) is 10.5.